The molecule has 1 aromatic rings. The highest BCUT2D eigenvalue weighted by Crippen LogP contribution is 2.14. The summed E-state index contributed by atoms with van der Waals surface area (Å²) in [6.07, 6.45) is 0. The summed E-state index contributed by atoms with van der Waals surface area (Å²) < 4.78 is 31.2. The van der Waals surface area contributed by atoms with Crippen LogP contribution in [0.15, 0.2) is 23.1 Å². The van der Waals surface area contributed by atoms with Crippen LogP contribution < -0.4 is 4.72 Å². The lowest BCUT2D eigenvalue weighted by Crippen LogP contribution is -2.37. The van der Waals surface area contributed by atoms with Gasteiger partial charge in [0.05, 0.1) is 4.90 Å². The number of rotatable bonds is 7. The molecule has 1 rings (SSSR count). The Morgan fingerprint density at radius 3 is 2.38 bits per heavy atom. The Balaban J connectivity index is 2.57. The molecule has 24 heavy (non-hydrogen) atoms. The van der Waals surface area contributed by atoms with Crippen molar-refractivity contribution in [2.75, 3.05) is 20.2 Å². The van der Waals surface area contributed by atoms with E-state index in [1.807, 2.05) is 20.8 Å². The zero-order valence-corrected chi connectivity index (χ0v) is 15.4. The number of hydrogen-bond donors (Lipinski definition) is 1. The normalized spacial score (nSPS) is 11.4. The fourth-order valence-corrected chi connectivity index (χ4v) is 2.76. The molecule has 0 unspecified atom stereocenters. The molecule has 1 N–H and O–H groups in total. The van der Waals surface area contributed by atoms with E-state index in [-0.39, 0.29) is 16.8 Å². The first-order chi connectivity index (χ1) is 11.0. The number of carbonyl (C=O) groups is 2. The summed E-state index contributed by atoms with van der Waals surface area (Å²) in [5.74, 6) is -1.16. The van der Waals surface area contributed by atoms with Gasteiger partial charge < -0.3 is 9.64 Å². The Morgan fingerprint density at radius 1 is 1.21 bits per heavy atom. The van der Waals surface area contributed by atoms with E-state index in [0.717, 1.165) is 11.1 Å². The van der Waals surface area contributed by atoms with Crippen molar-refractivity contribution in [2.45, 2.75) is 38.6 Å². The molecule has 0 spiro atoms. The highest BCUT2D eigenvalue weighted by molar-refractivity contribution is 7.89. The van der Waals surface area contributed by atoms with Gasteiger partial charge in [0.2, 0.25) is 10.0 Å². The summed E-state index contributed by atoms with van der Waals surface area (Å²) in [6.45, 7) is 6.39. The third-order valence-corrected chi connectivity index (χ3v) is 5.12. The van der Waals surface area contributed by atoms with Crippen LogP contribution in [0.1, 0.15) is 25.0 Å². The Hall–Kier alpha value is -1.93. The molecule has 0 radical (unpaired) electrons. The van der Waals surface area contributed by atoms with Crippen molar-refractivity contribution in [3.05, 3.63) is 29.3 Å². The van der Waals surface area contributed by atoms with Crippen LogP contribution in [0.3, 0.4) is 0 Å². The second kappa shape index (κ2) is 8.25. The number of amides is 1. The van der Waals surface area contributed by atoms with Crippen LogP contribution in [0.25, 0.3) is 0 Å². The number of sulfonamides is 1. The van der Waals surface area contributed by atoms with Crippen molar-refractivity contribution in [2.24, 2.45) is 0 Å². The zero-order chi connectivity index (χ0) is 18.5. The number of hydrogen-bond acceptors (Lipinski definition) is 5. The number of ether oxygens (including phenoxy) is 1. The summed E-state index contributed by atoms with van der Waals surface area (Å²) in [7, 11) is -2.21. The molecule has 0 atom stereocenters. The average Bonchev–Trinajstić information content (AvgIpc) is 2.52. The van der Waals surface area contributed by atoms with Crippen molar-refractivity contribution < 1.29 is 22.7 Å². The van der Waals surface area contributed by atoms with Crippen molar-refractivity contribution in [3.63, 3.8) is 0 Å². The quantitative estimate of drug-likeness (QED) is 0.736. The minimum Gasteiger partial charge on any atom is -0.455 e. The van der Waals surface area contributed by atoms with Gasteiger partial charge in [-0.1, -0.05) is 6.07 Å². The molecule has 0 aliphatic heterocycles. The highest BCUT2D eigenvalue weighted by Gasteiger charge is 2.18. The van der Waals surface area contributed by atoms with E-state index in [1.54, 1.807) is 20.0 Å². The summed E-state index contributed by atoms with van der Waals surface area (Å²) in [5.41, 5.74) is 1.81. The molecular weight excluding hydrogens is 332 g/mol. The van der Waals surface area contributed by atoms with E-state index in [1.165, 1.54) is 17.0 Å². The lowest BCUT2D eigenvalue weighted by Gasteiger charge is -2.21. The van der Waals surface area contributed by atoms with Crippen molar-refractivity contribution in [3.8, 4) is 0 Å². The molecule has 7 nitrogen and oxygen atoms in total. The average molecular weight is 356 g/mol. The molecular formula is C16H24N2O5S. The molecule has 0 saturated heterocycles. The van der Waals surface area contributed by atoms with Gasteiger partial charge in [0, 0.05) is 13.1 Å². The fraction of sp³-hybridized carbons (Fsp3) is 0.500. The Morgan fingerprint density at radius 2 is 1.83 bits per heavy atom. The first-order valence-electron chi connectivity index (χ1n) is 7.53. The summed E-state index contributed by atoms with van der Waals surface area (Å²) in [6, 6.07) is 4.68. The topological polar surface area (TPSA) is 92.8 Å². The van der Waals surface area contributed by atoms with Gasteiger partial charge in [-0.15, -0.1) is 0 Å². The van der Waals surface area contributed by atoms with Gasteiger partial charge in [0.25, 0.3) is 5.91 Å². The van der Waals surface area contributed by atoms with Gasteiger partial charge in [-0.25, -0.2) is 8.42 Å². The largest absolute Gasteiger partial charge is 0.455 e. The molecule has 1 aromatic carbocycles. The standard InChI is InChI=1S/C16H24N2O5S/c1-11(2)18(5)15(19)10-23-16(20)9-17-24(21,22)14-7-6-12(3)13(4)8-14/h6-8,11,17H,9-10H2,1-5H3. The molecule has 0 aliphatic rings. The summed E-state index contributed by atoms with van der Waals surface area (Å²) in [4.78, 5) is 24.8. The maximum absolute atomic E-state index is 12.1. The molecule has 0 aromatic heterocycles. The van der Waals surface area contributed by atoms with Crippen molar-refractivity contribution >= 4 is 21.9 Å². The van der Waals surface area contributed by atoms with Crippen LogP contribution in [0, 0.1) is 13.8 Å². The van der Waals surface area contributed by atoms with Crippen LogP contribution in [0.4, 0.5) is 0 Å². The SMILES string of the molecule is Cc1ccc(S(=O)(=O)NCC(=O)OCC(=O)N(C)C(C)C)cc1C. The number of aryl methyl sites for hydroxylation is 2. The number of nitrogens with one attached hydrogen (secondary N) is 1. The van der Waals surface area contributed by atoms with Gasteiger partial charge in [0.15, 0.2) is 6.61 Å². The number of carbonyl (C=O) groups excluding carboxylic acids is 2. The number of benzene rings is 1. The smallest absolute Gasteiger partial charge is 0.321 e. The predicted molar refractivity (Wildman–Crippen MR) is 90.0 cm³/mol. The van der Waals surface area contributed by atoms with Gasteiger partial charge in [-0.3, -0.25) is 9.59 Å². The van der Waals surface area contributed by atoms with Crippen LogP contribution in [0.2, 0.25) is 0 Å². The molecule has 134 valence electrons. The monoisotopic (exact) mass is 356 g/mol. The molecule has 0 bridgehead atoms. The van der Waals surface area contributed by atoms with Gasteiger partial charge in [-0.05, 0) is 51.0 Å². The van der Waals surface area contributed by atoms with Crippen molar-refractivity contribution in [1.82, 2.24) is 9.62 Å². The Kier molecular flexibility index (Phi) is 6.92. The molecule has 0 heterocycles. The predicted octanol–water partition coefficient (Wildman–Crippen LogP) is 0.992. The molecule has 1 amide bonds. The maximum atomic E-state index is 12.1. The summed E-state index contributed by atoms with van der Waals surface area (Å²) >= 11 is 0. The van der Waals surface area contributed by atoms with E-state index in [9.17, 15) is 18.0 Å². The number of esters is 1. The minimum absolute atomic E-state index is 0.0144. The number of likely N-dealkylation sites (N-methyl/N-ethyl adjacent to an activating group) is 1. The van der Waals surface area contributed by atoms with Crippen LogP contribution in [0.5, 0.6) is 0 Å². The third kappa shape index (κ3) is 5.61. The Labute approximate surface area is 143 Å². The van der Waals surface area contributed by atoms with E-state index >= 15 is 0 Å². The maximum Gasteiger partial charge on any atom is 0.321 e. The van der Waals surface area contributed by atoms with Crippen molar-refractivity contribution in [1.29, 1.82) is 0 Å². The highest BCUT2D eigenvalue weighted by atomic mass is 32.2. The van der Waals surface area contributed by atoms with E-state index in [4.69, 9.17) is 4.74 Å². The second-order valence-electron chi connectivity index (χ2n) is 5.83. The van der Waals surface area contributed by atoms with Crippen LogP contribution in [-0.2, 0) is 24.3 Å². The lowest BCUT2D eigenvalue weighted by atomic mass is 10.1. The van der Waals surface area contributed by atoms with E-state index < -0.39 is 29.1 Å². The van der Waals surface area contributed by atoms with Gasteiger partial charge >= 0.3 is 5.97 Å². The third-order valence-electron chi connectivity index (χ3n) is 3.72. The first kappa shape index (κ1) is 20.1. The van der Waals surface area contributed by atoms with E-state index in [0.29, 0.717) is 0 Å². The molecule has 0 fully saturated rings. The molecule has 0 saturated carbocycles. The Bertz CT molecular complexity index is 713. The molecule has 0 aliphatic carbocycles. The fourth-order valence-electron chi connectivity index (χ4n) is 1.70. The van der Waals surface area contributed by atoms with Gasteiger partial charge in [0.1, 0.15) is 6.54 Å². The van der Waals surface area contributed by atoms with Gasteiger partial charge in [-0.2, -0.15) is 4.72 Å². The van der Waals surface area contributed by atoms with Crippen LogP contribution in [-0.4, -0.2) is 51.4 Å². The summed E-state index contributed by atoms with van der Waals surface area (Å²) in [5, 5.41) is 0. The zero-order valence-electron chi connectivity index (χ0n) is 14.6. The second-order valence-corrected chi connectivity index (χ2v) is 7.60. The minimum atomic E-state index is -3.81. The first-order valence-corrected chi connectivity index (χ1v) is 9.01. The number of nitrogens with zero attached hydrogens (tertiary/aromatic N) is 1. The van der Waals surface area contributed by atoms with Crippen LogP contribution >= 0.6 is 0 Å². The van der Waals surface area contributed by atoms with E-state index in [2.05, 4.69) is 4.72 Å². The molecule has 8 heteroatoms. The lowest BCUT2D eigenvalue weighted by molar-refractivity contribution is -0.151.